The van der Waals surface area contributed by atoms with Gasteiger partial charge in [0.05, 0.1) is 0 Å². The summed E-state index contributed by atoms with van der Waals surface area (Å²) >= 11 is 3.18. The summed E-state index contributed by atoms with van der Waals surface area (Å²) in [7, 11) is 0. The molecule has 2 amide bonds. The van der Waals surface area contributed by atoms with Gasteiger partial charge in [-0.25, -0.2) is 0 Å². The second-order valence-corrected chi connectivity index (χ2v) is 7.64. The zero-order valence-electron chi connectivity index (χ0n) is 13.9. The number of hydrogen-bond acceptors (Lipinski definition) is 3. The maximum absolute atomic E-state index is 12.6. The second-order valence-electron chi connectivity index (χ2n) is 6.86. The Kier molecular flexibility index (Phi) is 4.25. The Bertz CT molecular complexity index is 805. The quantitative estimate of drug-likeness (QED) is 0.834. The average Bonchev–Trinajstić information content (AvgIpc) is 3.11. The van der Waals surface area contributed by atoms with E-state index in [9.17, 15) is 9.59 Å². The van der Waals surface area contributed by atoms with Crippen LogP contribution in [0.25, 0.3) is 0 Å². The number of halogens is 1. The number of rotatable bonds is 2. The highest BCUT2D eigenvalue weighted by Gasteiger charge is 2.32. The highest BCUT2D eigenvalue weighted by molar-refractivity contribution is 9.10. The number of hydrogen-bond donors (Lipinski definition) is 1. The predicted octanol–water partition coefficient (Wildman–Crippen LogP) is 4.23. The summed E-state index contributed by atoms with van der Waals surface area (Å²) in [6.45, 7) is 6.41. The molecular formula is C18H19BrN2O3. The van der Waals surface area contributed by atoms with Crippen LogP contribution >= 0.6 is 15.9 Å². The lowest BCUT2D eigenvalue weighted by Gasteiger charge is -2.26. The zero-order valence-corrected chi connectivity index (χ0v) is 15.4. The van der Waals surface area contributed by atoms with Crippen molar-refractivity contribution >= 4 is 39.1 Å². The number of nitrogens with one attached hydrogen (secondary N) is 1. The average molecular weight is 391 g/mol. The number of fused-ring (bicyclic) bond motifs is 1. The van der Waals surface area contributed by atoms with Crippen molar-refractivity contribution in [1.29, 1.82) is 0 Å². The fraction of sp³-hybridized carbons (Fsp3) is 0.333. The Hall–Kier alpha value is -2.08. The van der Waals surface area contributed by atoms with Crippen molar-refractivity contribution in [1.82, 2.24) is 0 Å². The van der Waals surface area contributed by atoms with Gasteiger partial charge in [0.15, 0.2) is 10.4 Å². The van der Waals surface area contributed by atoms with Gasteiger partial charge in [0, 0.05) is 23.3 Å². The van der Waals surface area contributed by atoms with Crippen LogP contribution in [0, 0.1) is 5.41 Å². The molecule has 0 spiro atoms. The van der Waals surface area contributed by atoms with E-state index >= 15 is 0 Å². The largest absolute Gasteiger partial charge is 0.444 e. The molecule has 0 radical (unpaired) electrons. The van der Waals surface area contributed by atoms with E-state index in [4.69, 9.17) is 4.42 Å². The summed E-state index contributed by atoms with van der Waals surface area (Å²) in [5.41, 5.74) is 2.18. The zero-order chi connectivity index (χ0) is 17.5. The van der Waals surface area contributed by atoms with E-state index in [0.29, 0.717) is 16.9 Å². The van der Waals surface area contributed by atoms with Crippen LogP contribution in [0.3, 0.4) is 0 Å². The Morgan fingerprint density at radius 3 is 2.58 bits per heavy atom. The standard InChI is InChI=1S/C18H19BrN2O3/c1-18(2,3)17(23)21-9-8-11-4-5-12(10-13(11)21)20-16(22)14-6-7-15(19)24-14/h4-7,10H,8-9H2,1-3H3,(H,20,22). The number of benzene rings is 1. The second kappa shape index (κ2) is 6.09. The van der Waals surface area contributed by atoms with Gasteiger partial charge in [-0.15, -0.1) is 0 Å². The van der Waals surface area contributed by atoms with Gasteiger partial charge in [-0.2, -0.15) is 0 Å². The van der Waals surface area contributed by atoms with Crippen LogP contribution in [-0.4, -0.2) is 18.4 Å². The highest BCUT2D eigenvalue weighted by atomic mass is 79.9. The van der Waals surface area contributed by atoms with Crippen molar-refractivity contribution in [2.75, 3.05) is 16.8 Å². The van der Waals surface area contributed by atoms with Crippen LogP contribution < -0.4 is 10.2 Å². The molecule has 1 aromatic carbocycles. The Labute approximate surface area is 149 Å². The highest BCUT2D eigenvalue weighted by Crippen LogP contribution is 2.34. The van der Waals surface area contributed by atoms with Crippen molar-refractivity contribution in [2.45, 2.75) is 27.2 Å². The molecule has 126 valence electrons. The van der Waals surface area contributed by atoms with Gasteiger partial charge in [0.2, 0.25) is 5.91 Å². The first kappa shape index (κ1) is 16.8. The molecule has 0 saturated heterocycles. The van der Waals surface area contributed by atoms with Crippen LogP contribution in [0.5, 0.6) is 0 Å². The maximum Gasteiger partial charge on any atom is 0.291 e. The van der Waals surface area contributed by atoms with Crippen LogP contribution in [0.2, 0.25) is 0 Å². The normalized spacial score (nSPS) is 13.8. The predicted molar refractivity (Wildman–Crippen MR) is 96.3 cm³/mol. The Morgan fingerprint density at radius 2 is 1.96 bits per heavy atom. The molecule has 0 saturated carbocycles. The first-order valence-corrected chi connectivity index (χ1v) is 8.56. The fourth-order valence-corrected chi connectivity index (χ4v) is 3.01. The lowest BCUT2D eigenvalue weighted by Crippen LogP contribution is -2.38. The third-order valence-electron chi connectivity index (χ3n) is 3.92. The molecule has 1 aliphatic heterocycles. The first-order valence-electron chi connectivity index (χ1n) is 7.77. The van der Waals surface area contributed by atoms with E-state index in [-0.39, 0.29) is 17.6 Å². The number of nitrogens with zero attached hydrogens (tertiary/aromatic N) is 1. The summed E-state index contributed by atoms with van der Waals surface area (Å²) in [5.74, 6) is -0.0166. The smallest absolute Gasteiger partial charge is 0.291 e. The number of carbonyl (C=O) groups excluding carboxylic acids is 2. The van der Waals surface area contributed by atoms with Gasteiger partial charge in [-0.3, -0.25) is 9.59 Å². The molecule has 0 bridgehead atoms. The van der Waals surface area contributed by atoms with Gasteiger partial charge in [0.25, 0.3) is 5.91 Å². The minimum absolute atomic E-state index is 0.0830. The molecule has 1 aromatic heterocycles. The summed E-state index contributed by atoms with van der Waals surface area (Å²) in [5, 5.41) is 2.81. The third kappa shape index (κ3) is 3.24. The van der Waals surface area contributed by atoms with Crippen LogP contribution in [-0.2, 0) is 11.2 Å². The minimum Gasteiger partial charge on any atom is -0.444 e. The SMILES string of the molecule is CC(C)(C)C(=O)N1CCc2ccc(NC(=O)c3ccc(Br)o3)cc21. The lowest BCUT2D eigenvalue weighted by atomic mass is 9.94. The topological polar surface area (TPSA) is 62.6 Å². The summed E-state index contributed by atoms with van der Waals surface area (Å²) in [4.78, 5) is 26.6. The molecule has 6 heteroatoms. The van der Waals surface area contributed by atoms with Gasteiger partial charge < -0.3 is 14.6 Å². The van der Waals surface area contributed by atoms with E-state index in [1.54, 1.807) is 17.0 Å². The molecule has 1 N–H and O–H groups in total. The molecule has 5 nitrogen and oxygen atoms in total. The van der Waals surface area contributed by atoms with Crippen LogP contribution in [0.4, 0.5) is 11.4 Å². The summed E-state index contributed by atoms with van der Waals surface area (Å²) in [6, 6.07) is 8.92. The maximum atomic E-state index is 12.6. The van der Waals surface area contributed by atoms with Crippen LogP contribution in [0.15, 0.2) is 39.4 Å². The number of furan rings is 1. The molecule has 2 aromatic rings. The van der Waals surface area contributed by atoms with E-state index in [2.05, 4.69) is 21.2 Å². The van der Waals surface area contributed by atoms with E-state index < -0.39 is 5.41 Å². The van der Waals surface area contributed by atoms with Crippen molar-refractivity contribution in [3.05, 3.63) is 46.3 Å². The number of amides is 2. The Morgan fingerprint density at radius 1 is 1.21 bits per heavy atom. The first-order chi connectivity index (χ1) is 11.3. The van der Waals surface area contributed by atoms with Crippen molar-refractivity contribution in [3.8, 4) is 0 Å². The third-order valence-corrected chi connectivity index (χ3v) is 4.35. The van der Waals surface area contributed by atoms with E-state index in [1.807, 2.05) is 39.0 Å². The van der Waals surface area contributed by atoms with Crippen molar-refractivity contribution in [3.63, 3.8) is 0 Å². The molecular weight excluding hydrogens is 372 g/mol. The van der Waals surface area contributed by atoms with Crippen molar-refractivity contribution in [2.24, 2.45) is 5.41 Å². The van der Waals surface area contributed by atoms with Gasteiger partial charge in [0.1, 0.15) is 0 Å². The van der Waals surface area contributed by atoms with Crippen LogP contribution in [0.1, 0.15) is 36.9 Å². The molecule has 1 aliphatic rings. The van der Waals surface area contributed by atoms with E-state index in [1.165, 1.54) is 0 Å². The minimum atomic E-state index is -0.443. The fourth-order valence-electron chi connectivity index (χ4n) is 2.70. The lowest BCUT2D eigenvalue weighted by molar-refractivity contribution is -0.125. The number of anilines is 2. The van der Waals surface area contributed by atoms with Gasteiger partial charge >= 0.3 is 0 Å². The van der Waals surface area contributed by atoms with Gasteiger partial charge in [-0.05, 0) is 52.2 Å². The summed E-state index contributed by atoms with van der Waals surface area (Å²) in [6.07, 6.45) is 0.830. The monoisotopic (exact) mass is 390 g/mol. The number of carbonyl (C=O) groups is 2. The molecule has 2 heterocycles. The van der Waals surface area contributed by atoms with Crippen molar-refractivity contribution < 1.29 is 14.0 Å². The van der Waals surface area contributed by atoms with E-state index in [0.717, 1.165) is 17.7 Å². The molecule has 24 heavy (non-hydrogen) atoms. The Balaban J connectivity index is 1.83. The molecule has 0 aliphatic carbocycles. The molecule has 0 fully saturated rings. The summed E-state index contributed by atoms with van der Waals surface area (Å²) < 4.78 is 5.76. The van der Waals surface area contributed by atoms with Gasteiger partial charge in [-0.1, -0.05) is 26.8 Å². The molecule has 0 atom stereocenters. The molecule has 0 unspecified atom stereocenters. The molecule has 3 rings (SSSR count).